The summed E-state index contributed by atoms with van der Waals surface area (Å²) in [4.78, 5) is 12.4. The summed E-state index contributed by atoms with van der Waals surface area (Å²) in [7, 11) is 0. The van der Waals surface area contributed by atoms with Crippen molar-refractivity contribution < 1.29 is 23.1 Å². The first-order valence-electron chi connectivity index (χ1n) is 10.3. The van der Waals surface area contributed by atoms with E-state index in [1.54, 1.807) is 36.4 Å². The third kappa shape index (κ3) is 5.76. The minimum absolute atomic E-state index is 0.0698. The average molecular weight is 637 g/mol. The maximum atomic E-state index is 13.9. The Bertz CT molecular complexity index is 1370. The van der Waals surface area contributed by atoms with Gasteiger partial charge in [-0.25, -0.2) is 9.82 Å². The third-order valence-electron chi connectivity index (χ3n) is 4.74. The molecule has 1 heterocycles. The second kappa shape index (κ2) is 11.0. The number of carbonyl (C=O) groups is 1. The molecule has 0 aliphatic heterocycles. The molecule has 1 N–H and O–H groups in total. The van der Waals surface area contributed by atoms with Crippen molar-refractivity contribution in [3.63, 3.8) is 0 Å². The topological polar surface area (TPSA) is 73.1 Å². The maximum Gasteiger partial charge on any atom is 0.307 e. The van der Waals surface area contributed by atoms with E-state index >= 15 is 0 Å². The van der Waals surface area contributed by atoms with E-state index in [4.69, 9.17) is 13.9 Å². The molecule has 34 heavy (non-hydrogen) atoms. The fourth-order valence-corrected chi connectivity index (χ4v) is 4.34. The lowest BCUT2D eigenvalue weighted by Crippen LogP contribution is -2.16. The highest BCUT2D eigenvalue weighted by atomic mass is 127. The van der Waals surface area contributed by atoms with Crippen LogP contribution in [-0.2, 0) is 6.61 Å². The summed E-state index contributed by atoms with van der Waals surface area (Å²) < 4.78 is 32.8. The van der Waals surface area contributed by atoms with Crippen molar-refractivity contribution in [2.24, 2.45) is 5.10 Å². The lowest BCUT2D eigenvalue weighted by molar-refractivity contribution is 0.0929. The Labute approximate surface area is 217 Å². The molecule has 0 saturated carbocycles. The Morgan fingerprint density at radius 2 is 2.00 bits per heavy atom. The lowest BCUT2D eigenvalue weighted by Gasteiger charge is -2.15. The van der Waals surface area contributed by atoms with Gasteiger partial charge in [0.05, 0.1) is 16.4 Å². The van der Waals surface area contributed by atoms with E-state index in [2.05, 4.69) is 49.0 Å². The van der Waals surface area contributed by atoms with Crippen LogP contribution < -0.4 is 14.9 Å². The minimum Gasteiger partial charge on any atom is -0.490 e. The third-order valence-corrected chi connectivity index (χ3v) is 6.04. The number of amides is 1. The number of ether oxygens (including phenoxy) is 2. The van der Waals surface area contributed by atoms with Crippen LogP contribution in [0.2, 0.25) is 0 Å². The van der Waals surface area contributed by atoms with Gasteiger partial charge in [-0.05, 0) is 77.5 Å². The number of hydrogen-bond acceptors (Lipinski definition) is 5. The number of hydrogen-bond donors (Lipinski definition) is 1. The maximum absolute atomic E-state index is 13.9. The van der Waals surface area contributed by atoms with E-state index < -0.39 is 5.91 Å². The number of fused-ring (bicyclic) bond motifs is 1. The predicted octanol–water partition coefficient (Wildman–Crippen LogP) is 6.68. The van der Waals surface area contributed by atoms with Crippen LogP contribution in [0.3, 0.4) is 0 Å². The molecular formula is C25H19BrFIN2O4. The molecule has 6 nitrogen and oxygen atoms in total. The standard InChI is InChI=1S/C25H19BrFIN2O4/c1-2-32-22-10-15(9-20(28)24(22)33-14-16-5-3-4-6-19(16)27)13-29-30-25(31)23-12-17-11-18(26)7-8-21(17)34-23/h3-13H,2,14H2,1H3,(H,30,31)/b29-13+. The quantitative estimate of drug-likeness (QED) is 0.133. The first kappa shape index (κ1) is 24.2. The molecule has 0 radical (unpaired) electrons. The normalized spacial score (nSPS) is 11.2. The van der Waals surface area contributed by atoms with Gasteiger partial charge in [0.1, 0.15) is 18.0 Å². The van der Waals surface area contributed by atoms with Crippen LogP contribution in [0.4, 0.5) is 4.39 Å². The van der Waals surface area contributed by atoms with Crippen molar-refractivity contribution in [3.8, 4) is 11.5 Å². The number of halogens is 3. The number of rotatable bonds is 8. The Hall–Kier alpha value is -2.92. The highest BCUT2D eigenvalue weighted by Gasteiger charge is 2.14. The molecule has 0 unspecified atom stereocenters. The minimum atomic E-state index is -0.465. The molecular weight excluding hydrogens is 618 g/mol. The van der Waals surface area contributed by atoms with Crippen LogP contribution in [0.15, 0.2) is 74.7 Å². The number of benzene rings is 3. The predicted molar refractivity (Wildman–Crippen MR) is 140 cm³/mol. The van der Waals surface area contributed by atoms with Gasteiger partial charge in [-0.15, -0.1) is 0 Å². The van der Waals surface area contributed by atoms with Crippen molar-refractivity contribution in [3.05, 3.63) is 91.4 Å². The van der Waals surface area contributed by atoms with Crippen molar-refractivity contribution in [1.82, 2.24) is 5.43 Å². The van der Waals surface area contributed by atoms with Gasteiger partial charge in [0, 0.05) is 15.4 Å². The van der Waals surface area contributed by atoms with E-state index in [1.807, 2.05) is 25.1 Å². The van der Waals surface area contributed by atoms with Crippen LogP contribution in [-0.4, -0.2) is 18.7 Å². The summed E-state index contributed by atoms with van der Waals surface area (Å²) in [6.07, 6.45) is 1.50. The molecule has 0 aliphatic rings. The number of carbonyl (C=O) groups excluding carboxylic acids is 1. The summed E-state index contributed by atoms with van der Waals surface area (Å²) >= 11 is 5.52. The number of nitrogens with zero attached hydrogens (tertiary/aromatic N) is 1. The lowest BCUT2D eigenvalue weighted by atomic mass is 10.2. The molecule has 4 rings (SSSR count). The number of hydrazone groups is 1. The number of furan rings is 1. The Balaban J connectivity index is 1.47. The van der Waals surface area contributed by atoms with Gasteiger partial charge in [-0.1, -0.05) is 34.1 Å². The fraction of sp³-hybridized carbons (Fsp3) is 0.120. The molecule has 174 valence electrons. The zero-order chi connectivity index (χ0) is 24.1. The van der Waals surface area contributed by atoms with E-state index in [9.17, 15) is 9.18 Å². The number of nitrogens with one attached hydrogen (secondary N) is 1. The molecule has 9 heteroatoms. The highest BCUT2D eigenvalue weighted by Crippen LogP contribution is 2.34. The molecule has 0 aliphatic carbocycles. The Kier molecular flexibility index (Phi) is 7.84. The first-order chi connectivity index (χ1) is 16.4. The van der Waals surface area contributed by atoms with Gasteiger partial charge in [0.25, 0.3) is 0 Å². The van der Waals surface area contributed by atoms with Gasteiger partial charge in [0.15, 0.2) is 17.3 Å². The smallest absolute Gasteiger partial charge is 0.307 e. The molecule has 0 spiro atoms. The van der Waals surface area contributed by atoms with Crippen LogP contribution in [0.1, 0.15) is 28.6 Å². The molecule has 1 aromatic heterocycles. The summed E-state index contributed by atoms with van der Waals surface area (Å²) in [6, 6.07) is 17.2. The van der Waals surface area contributed by atoms with E-state index in [1.165, 1.54) is 12.3 Å². The van der Waals surface area contributed by atoms with Gasteiger partial charge in [-0.2, -0.15) is 5.10 Å². The molecule has 3 aromatic carbocycles. The molecule has 0 atom stereocenters. The van der Waals surface area contributed by atoms with E-state index in [0.717, 1.165) is 13.4 Å². The first-order valence-corrected chi connectivity index (χ1v) is 12.2. The average Bonchev–Trinajstić information content (AvgIpc) is 3.23. The van der Waals surface area contributed by atoms with Gasteiger partial charge in [0.2, 0.25) is 0 Å². The Morgan fingerprint density at radius 3 is 2.79 bits per heavy atom. The second-order valence-electron chi connectivity index (χ2n) is 7.14. The molecule has 0 fully saturated rings. The van der Waals surface area contributed by atoms with Crippen LogP contribution >= 0.6 is 38.5 Å². The summed E-state index contributed by atoms with van der Waals surface area (Å²) in [6.45, 7) is 2.35. The molecule has 0 bridgehead atoms. The Morgan fingerprint density at radius 1 is 1.18 bits per heavy atom. The second-order valence-corrected chi connectivity index (χ2v) is 9.21. The van der Waals surface area contributed by atoms with Crippen LogP contribution in [0.25, 0.3) is 11.0 Å². The molecule has 1 amide bonds. The van der Waals surface area contributed by atoms with Crippen molar-refractivity contribution in [2.75, 3.05) is 6.61 Å². The van der Waals surface area contributed by atoms with Crippen molar-refractivity contribution in [1.29, 1.82) is 0 Å². The van der Waals surface area contributed by atoms with Crippen molar-refractivity contribution >= 4 is 61.6 Å². The zero-order valence-corrected chi connectivity index (χ0v) is 21.7. The van der Waals surface area contributed by atoms with Gasteiger partial charge in [-0.3, -0.25) is 4.79 Å². The van der Waals surface area contributed by atoms with E-state index in [0.29, 0.717) is 34.8 Å². The summed E-state index contributed by atoms with van der Waals surface area (Å²) in [5.41, 5.74) is 4.23. The van der Waals surface area contributed by atoms with Crippen LogP contribution in [0, 0.1) is 9.39 Å². The summed E-state index contributed by atoms with van der Waals surface area (Å²) in [5, 5.41) is 4.85. The molecule has 4 aromatic rings. The molecule has 0 saturated heterocycles. The zero-order valence-electron chi connectivity index (χ0n) is 18.0. The largest absolute Gasteiger partial charge is 0.490 e. The van der Waals surface area contributed by atoms with Crippen molar-refractivity contribution in [2.45, 2.75) is 13.5 Å². The van der Waals surface area contributed by atoms with Gasteiger partial charge < -0.3 is 13.9 Å². The van der Waals surface area contributed by atoms with Crippen LogP contribution in [0.5, 0.6) is 11.5 Å². The monoisotopic (exact) mass is 636 g/mol. The van der Waals surface area contributed by atoms with E-state index in [-0.39, 0.29) is 18.2 Å². The summed E-state index contributed by atoms with van der Waals surface area (Å²) in [5.74, 6) is 0.383. The van der Waals surface area contributed by atoms with Gasteiger partial charge >= 0.3 is 5.91 Å². The highest BCUT2D eigenvalue weighted by molar-refractivity contribution is 14.1. The fourth-order valence-electron chi connectivity index (χ4n) is 3.18. The SMILES string of the molecule is CCOc1cc(/C=N/NC(=O)c2cc3cc(Br)ccc3o2)cc(I)c1OCc1ccccc1F.